The van der Waals surface area contributed by atoms with Gasteiger partial charge in [0, 0.05) is 11.4 Å². The van der Waals surface area contributed by atoms with Crippen LogP contribution in [0.3, 0.4) is 0 Å². The first-order valence-electron chi connectivity index (χ1n) is 5.38. The van der Waals surface area contributed by atoms with Gasteiger partial charge in [0.1, 0.15) is 5.82 Å². The zero-order chi connectivity index (χ0) is 14.0. The molecule has 0 saturated carbocycles. The molecule has 1 unspecified atom stereocenters. The number of halogens is 1. The molecule has 0 aliphatic carbocycles. The standard InChI is InChI=1S/C11H12FN3O2S2/c1-7(13)10-6-18-11(14-10)15-19(16,17)9-4-2-8(12)3-5-9/h2-7H,13H2,1H3,(H,14,15). The third-order valence-electron chi connectivity index (χ3n) is 2.33. The van der Waals surface area contributed by atoms with Crippen LogP contribution < -0.4 is 10.5 Å². The molecule has 0 fully saturated rings. The average Bonchev–Trinajstić information content (AvgIpc) is 2.77. The number of hydrogen-bond donors (Lipinski definition) is 2. The van der Waals surface area contributed by atoms with E-state index in [1.807, 2.05) is 0 Å². The Morgan fingerprint density at radius 1 is 1.37 bits per heavy atom. The number of nitrogens with zero attached hydrogens (tertiary/aromatic N) is 1. The summed E-state index contributed by atoms with van der Waals surface area (Å²) >= 11 is 1.15. The Bertz CT molecular complexity index is 666. The average molecular weight is 301 g/mol. The minimum absolute atomic E-state index is 0.0218. The molecule has 0 spiro atoms. The van der Waals surface area contributed by atoms with Crippen molar-refractivity contribution in [2.24, 2.45) is 5.73 Å². The second-order valence-electron chi connectivity index (χ2n) is 3.93. The molecule has 1 aromatic carbocycles. The van der Waals surface area contributed by atoms with E-state index in [0.717, 1.165) is 23.5 Å². The van der Waals surface area contributed by atoms with Crippen molar-refractivity contribution in [2.45, 2.75) is 17.9 Å². The van der Waals surface area contributed by atoms with Gasteiger partial charge in [-0.2, -0.15) is 0 Å². The lowest BCUT2D eigenvalue weighted by Crippen LogP contribution is -2.13. The maximum Gasteiger partial charge on any atom is 0.263 e. The summed E-state index contributed by atoms with van der Waals surface area (Å²) in [4.78, 5) is 4.05. The largest absolute Gasteiger partial charge is 0.323 e. The first-order valence-corrected chi connectivity index (χ1v) is 7.74. The Labute approximate surface area is 114 Å². The molecular weight excluding hydrogens is 289 g/mol. The first kappa shape index (κ1) is 13.9. The highest BCUT2D eigenvalue weighted by Gasteiger charge is 2.16. The van der Waals surface area contributed by atoms with Crippen LogP contribution in [0.25, 0.3) is 0 Å². The quantitative estimate of drug-likeness (QED) is 0.905. The van der Waals surface area contributed by atoms with E-state index in [-0.39, 0.29) is 16.1 Å². The van der Waals surface area contributed by atoms with E-state index in [0.29, 0.717) is 5.69 Å². The zero-order valence-corrected chi connectivity index (χ0v) is 11.6. The van der Waals surface area contributed by atoms with Crippen LogP contribution in [0, 0.1) is 5.82 Å². The van der Waals surface area contributed by atoms with Gasteiger partial charge < -0.3 is 5.73 Å². The minimum atomic E-state index is -3.75. The SMILES string of the molecule is CC(N)c1csc(NS(=O)(=O)c2ccc(F)cc2)n1. The molecule has 1 atom stereocenters. The van der Waals surface area contributed by atoms with Crippen molar-refractivity contribution < 1.29 is 12.8 Å². The molecule has 0 amide bonds. The Morgan fingerprint density at radius 3 is 2.53 bits per heavy atom. The van der Waals surface area contributed by atoms with E-state index in [4.69, 9.17) is 5.73 Å². The summed E-state index contributed by atoms with van der Waals surface area (Å²) in [7, 11) is -3.75. The van der Waals surface area contributed by atoms with Crippen LogP contribution in [0.1, 0.15) is 18.7 Å². The van der Waals surface area contributed by atoms with Crippen molar-refractivity contribution in [3.05, 3.63) is 41.2 Å². The van der Waals surface area contributed by atoms with Crippen LogP contribution >= 0.6 is 11.3 Å². The predicted molar refractivity (Wildman–Crippen MR) is 71.9 cm³/mol. The highest BCUT2D eigenvalue weighted by atomic mass is 32.2. The number of anilines is 1. The molecule has 1 heterocycles. The van der Waals surface area contributed by atoms with E-state index in [1.54, 1.807) is 12.3 Å². The number of sulfonamides is 1. The van der Waals surface area contributed by atoms with Gasteiger partial charge in [0.05, 0.1) is 10.6 Å². The Hall–Kier alpha value is -1.51. The number of hydrogen-bond acceptors (Lipinski definition) is 5. The van der Waals surface area contributed by atoms with Gasteiger partial charge in [-0.3, -0.25) is 4.72 Å². The smallest absolute Gasteiger partial charge is 0.263 e. The van der Waals surface area contributed by atoms with Crippen LogP contribution in [-0.4, -0.2) is 13.4 Å². The molecule has 19 heavy (non-hydrogen) atoms. The third kappa shape index (κ3) is 3.28. The fraction of sp³-hybridized carbons (Fsp3) is 0.182. The molecule has 0 bridgehead atoms. The maximum atomic E-state index is 12.8. The summed E-state index contributed by atoms with van der Waals surface area (Å²) in [5, 5.41) is 1.92. The molecule has 1 aromatic heterocycles. The molecule has 0 radical (unpaired) electrons. The van der Waals surface area contributed by atoms with Gasteiger partial charge in [-0.05, 0) is 31.2 Å². The predicted octanol–water partition coefficient (Wildman–Crippen LogP) is 2.10. The number of nitrogens with one attached hydrogen (secondary N) is 1. The molecule has 102 valence electrons. The summed E-state index contributed by atoms with van der Waals surface area (Å²) in [5.41, 5.74) is 6.26. The van der Waals surface area contributed by atoms with E-state index in [9.17, 15) is 12.8 Å². The van der Waals surface area contributed by atoms with E-state index >= 15 is 0 Å². The van der Waals surface area contributed by atoms with E-state index in [1.165, 1.54) is 12.1 Å². The summed E-state index contributed by atoms with van der Waals surface area (Å²) in [5.74, 6) is -0.493. The lowest BCUT2D eigenvalue weighted by Gasteiger charge is -2.05. The van der Waals surface area contributed by atoms with Gasteiger partial charge in [-0.25, -0.2) is 17.8 Å². The highest BCUT2D eigenvalue weighted by Crippen LogP contribution is 2.22. The molecule has 0 saturated heterocycles. The second kappa shape index (κ2) is 5.24. The monoisotopic (exact) mass is 301 g/mol. The van der Waals surface area contributed by atoms with Crippen molar-refractivity contribution in [3.8, 4) is 0 Å². The number of benzene rings is 1. The van der Waals surface area contributed by atoms with Gasteiger partial charge in [-0.1, -0.05) is 0 Å². The summed E-state index contributed by atoms with van der Waals surface area (Å²) in [6, 6.07) is 4.30. The Morgan fingerprint density at radius 2 is 2.00 bits per heavy atom. The van der Waals surface area contributed by atoms with Crippen molar-refractivity contribution in [1.82, 2.24) is 4.98 Å². The van der Waals surface area contributed by atoms with Crippen LogP contribution in [0.15, 0.2) is 34.5 Å². The van der Waals surface area contributed by atoms with Gasteiger partial charge in [0.2, 0.25) is 0 Å². The van der Waals surface area contributed by atoms with Crippen molar-refractivity contribution >= 4 is 26.5 Å². The van der Waals surface area contributed by atoms with Crippen LogP contribution in [0.4, 0.5) is 9.52 Å². The number of nitrogens with two attached hydrogens (primary N) is 1. The molecule has 3 N–H and O–H groups in total. The molecule has 8 heteroatoms. The minimum Gasteiger partial charge on any atom is -0.323 e. The van der Waals surface area contributed by atoms with Gasteiger partial charge in [0.25, 0.3) is 10.0 Å². The van der Waals surface area contributed by atoms with Crippen LogP contribution in [0.5, 0.6) is 0 Å². The maximum absolute atomic E-state index is 12.8. The lowest BCUT2D eigenvalue weighted by atomic mass is 10.3. The summed E-state index contributed by atoms with van der Waals surface area (Å²) in [6.07, 6.45) is 0. The highest BCUT2D eigenvalue weighted by molar-refractivity contribution is 7.93. The van der Waals surface area contributed by atoms with Gasteiger partial charge in [0.15, 0.2) is 5.13 Å². The van der Waals surface area contributed by atoms with Crippen LogP contribution in [-0.2, 0) is 10.0 Å². The summed E-state index contributed by atoms with van der Waals surface area (Å²) in [6.45, 7) is 1.76. The van der Waals surface area contributed by atoms with E-state index in [2.05, 4.69) is 9.71 Å². The fourth-order valence-electron chi connectivity index (χ4n) is 1.33. The molecular formula is C11H12FN3O2S2. The molecule has 2 aromatic rings. The fourth-order valence-corrected chi connectivity index (χ4v) is 3.40. The number of thiazole rings is 1. The van der Waals surface area contributed by atoms with Crippen molar-refractivity contribution in [1.29, 1.82) is 0 Å². The molecule has 0 aliphatic heterocycles. The topological polar surface area (TPSA) is 85.1 Å². The van der Waals surface area contributed by atoms with E-state index < -0.39 is 15.8 Å². The van der Waals surface area contributed by atoms with Gasteiger partial charge in [-0.15, -0.1) is 11.3 Å². The zero-order valence-electron chi connectivity index (χ0n) is 10.00. The van der Waals surface area contributed by atoms with Crippen molar-refractivity contribution in [2.75, 3.05) is 4.72 Å². The number of rotatable bonds is 4. The molecule has 5 nitrogen and oxygen atoms in total. The Kier molecular flexibility index (Phi) is 3.83. The molecule has 0 aliphatic rings. The lowest BCUT2D eigenvalue weighted by molar-refractivity contribution is 0.599. The first-order chi connectivity index (χ1) is 8.88. The second-order valence-corrected chi connectivity index (χ2v) is 6.47. The number of aromatic nitrogens is 1. The Balaban J connectivity index is 2.23. The van der Waals surface area contributed by atoms with Crippen LogP contribution in [0.2, 0.25) is 0 Å². The normalized spacial score (nSPS) is 13.2. The van der Waals surface area contributed by atoms with Gasteiger partial charge >= 0.3 is 0 Å². The molecule has 2 rings (SSSR count). The summed E-state index contributed by atoms with van der Waals surface area (Å²) < 4.78 is 39.1. The third-order valence-corrected chi connectivity index (χ3v) is 4.59. The van der Waals surface area contributed by atoms with Crippen molar-refractivity contribution in [3.63, 3.8) is 0 Å².